The van der Waals surface area contributed by atoms with Crippen LogP contribution in [0.4, 0.5) is 14.5 Å². The molecule has 1 amide bonds. The molecule has 0 bridgehead atoms. The van der Waals surface area contributed by atoms with Crippen LogP contribution in [0.15, 0.2) is 12.1 Å². The molecule has 1 aliphatic heterocycles. The molecule has 1 aliphatic carbocycles. The van der Waals surface area contributed by atoms with E-state index in [0.29, 0.717) is 17.9 Å². The topological polar surface area (TPSA) is 29.1 Å². The van der Waals surface area contributed by atoms with Gasteiger partial charge in [-0.15, -0.1) is 0 Å². The SMILES string of the molecule is O=C1Nc2c(F)cc(F)cc2C1CC1CCC1. The van der Waals surface area contributed by atoms with Crippen molar-refractivity contribution < 1.29 is 13.6 Å². The lowest BCUT2D eigenvalue weighted by atomic mass is 9.77. The highest BCUT2D eigenvalue weighted by Gasteiger charge is 2.36. The number of fused-ring (bicyclic) bond motifs is 1. The molecular weight excluding hydrogens is 224 g/mol. The molecule has 1 aromatic carbocycles. The minimum absolute atomic E-state index is 0.167. The molecule has 2 aliphatic rings. The highest BCUT2D eigenvalue weighted by Crippen LogP contribution is 2.42. The van der Waals surface area contributed by atoms with E-state index in [0.717, 1.165) is 18.9 Å². The second kappa shape index (κ2) is 3.79. The average Bonchev–Trinajstić information content (AvgIpc) is 2.49. The molecule has 1 aromatic rings. The Bertz CT molecular complexity index is 483. The summed E-state index contributed by atoms with van der Waals surface area (Å²) in [5.74, 6) is -1.33. The molecule has 2 nitrogen and oxygen atoms in total. The first-order valence-corrected chi connectivity index (χ1v) is 5.95. The van der Waals surface area contributed by atoms with Crippen LogP contribution in [-0.4, -0.2) is 5.91 Å². The average molecular weight is 237 g/mol. The third-order valence-corrected chi connectivity index (χ3v) is 3.82. The number of halogens is 2. The van der Waals surface area contributed by atoms with Crippen molar-refractivity contribution in [3.05, 3.63) is 29.3 Å². The smallest absolute Gasteiger partial charge is 0.232 e. The summed E-state index contributed by atoms with van der Waals surface area (Å²) in [6, 6.07) is 2.09. The Morgan fingerprint density at radius 3 is 2.71 bits per heavy atom. The molecule has 0 saturated heterocycles. The molecule has 1 atom stereocenters. The largest absolute Gasteiger partial charge is 0.323 e. The van der Waals surface area contributed by atoms with Crippen molar-refractivity contribution in [2.45, 2.75) is 31.6 Å². The number of hydrogen-bond acceptors (Lipinski definition) is 1. The summed E-state index contributed by atoms with van der Waals surface area (Å²) in [4.78, 5) is 11.8. The maximum Gasteiger partial charge on any atom is 0.232 e. The van der Waals surface area contributed by atoms with Gasteiger partial charge in [-0.05, 0) is 24.0 Å². The molecule has 1 heterocycles. The van der Waals surface area contributed by atoms with Gasteiger partial charge in [0.2, 0.25) is 5.91 Å². The van der Waals surface area contributed by atoms with E-state index in [1.165, 1.54) is 12.5 Å². The van der Waals surface area contributed by atoms with Gasteiger partial charge in [0.15, 0.2) is 0 Å². The van der Waals surface area contributed by atoms with Gasteiger partial charge in [-0.3, -0.25) is 4.79 Å². The standard InChI is InChI=1S/C13H13F2NO/c14-8-5-9-10(4-7-2-1-3-7)13(17)16-12(9)11(15)6-8/h5-7,10H,1-4H2,(H,16,17). The summed E-state index contributed by atoms with van der Waals surface area (Å²) in [6.45, 7) is 0. The normalized spacial score (nSPS) is 23.2. The van der Waals surface area contributed by atoms with Crippen LogP contribution in [0, 0.1) is 17.6 Å². The van der Waals surface area contributed by atoms with Gasteiger partial charge >= 0.3 is 0 Å². The fourth-order valence-corrected chi connectivity index (χ4v) is 2.65. The number of benzene rings is 1. The van der Waals surface area contributed by atoms with Crippen molar-refractivity contribution in [1.82, 2.24) is 0 Å². The van der Waals surface area contributed by atoms with Gasteiger partial charge in [0.05, 0.1) is 11.6 Å². The lowest BCUT2D eigenvalue weighted by Gasteiger charge is -2.27. The summed E-state index contributed by atoms with van der Waals surface area (Å²) in [5.41, 5.74) is 0.653. The highest BCUT2D eigenvalue weighted by atomic mass is 19.1. The zero-order chi connectivity index (χ0) is 12.0. The highest BCUT2D eigenvalue weighted by molar-refractivity contribution is 6.03. The van der Waals surface area contributed by atoms with Crippen molar-refractivity contribution in [3.8, 4) is 0 Å². The Kier molecular flexibility index (Phi) is 2.38. The Labute approximate surface area is 98.0 Å². The second-order valence-corrected chi connectivity index (χ2v) is 4.93. The Morgan fingerprint density at radius 2 is 2.06 bits per heavy atom. The molecule has 1 unspecified atom stereocenters. The molecule has 4 heteroatoms. The summed E-state index contributed by atoms with van der Waals surface area (Å²) < 4.78 is 26.7. The zero-order valence-electron chi connectivity index (χ0n) is 9.30. The summed E-state index contributed by atoms with van der Waals surface area (Å²) in [6.07, 6.45) is 4.15. The van der Waals surface area contributed by atoms with Crippen LogP contribution in [0.5, 0.6) is 0 Å². The fraction of sp³-hybridized carbons (Fsp3) is 0.462. The lowest BCUT2D eigenvalue weighted by Crippen LogP contribution is -2.19. The van der Waals surface area contributed by atoms with Gasteiger partial charge < -0.3 is 5.32 Å². The fourth-order valence-electron chi connectivity index (χ4n) is 2.65. The number of nitrogens with one attached hydrogen (secondary N) is 1. The van der Waals surface area contributed by atoms with E-state index in [-0.39, 0.29) is 17.5 Å². The van der Waals surface area contributed by atoms with Gasteiger partial charge in [-0.2, -0.15) is 0 Å². The van der Waals surface area contributed by atoms with Crippen LogP contribution in [0.1, 0.15) is 37.2 Å². The first kappa shape index (κ1) is 10.7. The molecule has 1 fully saturated rings. The third-order valence-electron chi connectivity index (χ3n) is 3.82. The van der Waals surface area contributed by atoms with Crippen LogP contribution in [0.25, 0.3) is 0 Å². The second-order valence-electron chi connectivity index (χ2n) is 4.93. The Morgan fingerprint density at radius 1 is 1.29 bits per heavy atom. The van der Waals surface area contributed by atoms with Gasteiger partial charge in [-0.1, -0.05) is 19.3 Å². The summed E-state index contributed by atoms with van der Waals surface area (Å²) >= 11 is 0. The molecule has 0 radical (unpaired) electrons. The third kappa shape index (κ3) is 1.72. The molecular formula is C13H13F2NO. The predicted octanol–water partition coefficient (Wildman–Crippen LogP) is 3.19. The van der Waals surface area contributed by atoms with Crippen LogP contribution in [0.3, 0.4) is 0 Å². The van der Waals surface area contributed by atoms with E-state index in [4.69, 9.17) is 0 Å². The number of hydrogen-bond donors (Lipinski definition) is 1. The van der Waals surface area contributed by atoms with Crippen LogP contribution < -0.4 is 5.32 Å². The van der Waals surface area contributed by atoms with Gasteiger partial charge in [-0.25, -0.2) is 8.78 Å². The van der Waals surface area contributed by atoms with Crippen molar-refractivity contribution >= 4 is 11.6 Å². The van der Waals surface area contributed by atoms with Crippen molar-refractivity contribution in [2.75, 3.05) is 5.32 Å². The van der Waals surface area contributed by atoms with Crippen molar-refractivity contribution in [2.24, 2.45) is 5.92 Å². The number of amides is 1. The molecule has 90 valence electrons. The van der Waals surface area contributed by atoms with Crippen LogP contribution >= 0.6 is 0 Å². The maximum atomic E-state index is 13.5. The molecule has 1 saturated carbocycles. The van der Waals surface area contributed by atoms with Crippen molar-refractivity contribution in [3.63, 3.8) is 0 Å². The van der Waals surface area contributed by atoms with E-state index in [1.54, 1.807) is 0 Å². The number of carbonyl (C=O) groups is 1. The van der Waals surface area contributed by atoms with Gasteiger partial charge in [0, 0.05) is 6.07 Å². The Balaban J connectivity index is 1.94. The molecule has 0 aromatic heterocycles. The summed E-state index contributed by atoms with van der Waals surface area (Å²) in [7, 11) is 0. The first-order valence-electron chi connectivity index (χ1n) is 5.95. The van der Waals surface area contributed by atoms with Gasteiger partial charge in [0.1, 0.15) is 11.6 Å². The minimum Gasteiger partial charge on any atom is -0.323 e. The van der Waals surface area contributed by atoms with E-state index >= 15 is 0 Å². The molecule has 3 rings (SSSR count). The molecule has 17 heavy (non-hydrogen) atoms. The van der Waals surface area contributed by atoms with E-state index in [1.807, 2.05) is 0 Å². The maximum absolute atomic E-state index is 13.5. The van der Waals surface area contributed by atoms with Crippen LogP contribution in [0.2, 0.25) is 0 Å². The first-order chi connectivity index (χ1) is 8.15. The molecule has 0 spiro atoms. The number of rotatable bonds is 2. The van der Waals surface area contributed by atoms with E-state index in [2.05, 4.69) is 5.32 Å². The zero-order valence-corrected chi connectivity index (χ0v) is 9.30. The summed E-state index contributed by atoms with van der Waals surface area (Å²) in [5, 5.41) is 2.52. The minimum atomic E-state index is -0.676. The number of carbonyl (C=O) groups excluding carboxylic acids is 1. The van der Waals surface area contributed by atoms with Crippen LogP contribution in [-0.2, 0) is 4.79 Å². The quantitative estimate of drug-likeness (QED) is 0.840. The molecule has 1 N–H and O–H groups in total. The van der Waals surface area contributed by atoms with Crippen molar-refractivity contribution in [1.29, 1.82) is 0 Å². The monoisotopic (exact) mass is 237 g/mol. The Hall–Kier alpha value is -1.45. The predicted molar refractivity (Wildman–Crippen MR) is 59.7 cm³/mol. The lowest BCUT2D eigenvalue weighted by molar-refractivity contribution is -0.117. The van der Waals surface area contributed by atoms with E-state index in [9.17, 15) is 13.6 Å². The number of anilines is 1. The van der Waals surface area contributed by atoms with E-state index < -0.39 is 11.6 Å². The van der Waals surface area contributed by atoms with Gasteiger partial charge in [0.25, 0.3) is 0 Å².